The van der Waals surface area contributed by atoms with Crippen molar-refractivity contribution in [3.63, 3.8) is 0 Å². The molecule has 0 spiro atoms. The molecule has 0 aliphatic heterocycles. The number of phenols is 1. The highest BCUT2D eigenvalue weighted by Gasteiger charge is 2.22. The molecule has 6 heteroatoms. The van der Waals surface area contributed by atoms with Crippen molar-refractivity contribution in [3.8, 4) is 17.1 Å². The van der Waals surface area contributed by atoms with Crippen LogP contribution in [0, 0.1) is 5.82 Å². The lowest BCUT2D eigenvalue weighted by Gasteiger charge is -1.99. The van der Waals surface area contributed by atoms with Crippen LogP contribution in [-0.4, -0.2) is 16.2 Å². The molecular weight excluding hydrogens is 343 g/mol. The zero-order chi connectivity index (χ0) is 15.1. The van der Waals surface area contributed by atoms with Crippen molar-refractivity contribution >= 4 is 32.9 Å². The number of hydrogen-bond donors (Lipinski definition) is 2. The van der Waals surface area contributed by atoms with E-state index in [0.717, 1.165) is 0 Å². The van der Waals surface area contributed by atoms with E-state index in [4.69, 9.17) is 4.42 Å². The molecule has 4 nitrogen and oxygen atoms in total. The van der Waals surface area contributed by atoms with Crippen LogP contribution in [0.3, 0.4) is 0 Å². The SMILES string of the molecule is O=C(O)c1c(-c2ccc(F)cc2)oc2cc(Br)c(O)cc12. The van der Waals surface area contributed by atoms with Gasteiger partial charge in [0.25, 0.3) is 0 Å². The molecule has 21 heavy (non-hydrogen) atoms. The summed E-state index contributed by atoms with van der Waals surface area (Å²) in [6.45, 7) is 0. The molecule has 1 heterocycles. The summed E-state index contributed by atoms with van der Waals surface area (Å²) in [6.07, 6.45) is 0. The van der Waals surface area contributed by atoms with Crippen molar-refractivity contribution in [3.05, 3.63) is 52.3 Å². The van der Waals surface area contributed by atoms with Crippen LogP contribution in [0.4, 0.5) is 4.39 Å². The minimum absolute atomic E-state index is 0.0700. The lowest BCUT2D eigenvalue weighted by atomic mass is 10.1. The van der Waals surface area contributed by atoms with Crippen molar-refractivity contribution in [2.24, 2.45) is 0 Å². The molecule has 0 saturated heterocycles. The smallest absolute Gasteiger partial charge is 0.340 e. The first kappa shape index (κ1) is 13.6. The second-order valence-corrected chi connectivity index (χ2v) is 5.27. The highest BCUT2D eigenvalue weighted by atomic mass is 79.9. The summed E-state index contributed by atoms with van der Waals surface area (Å²) in [4.78, 5) is 11.5. The van der Waals surface area contributed by atoms with E-state index in [9.17, 15) is 19.4 Å². The molecule has 0 saturated carbocycles. The van der Waals surface area contributed by atoms with Crippen LogP contribution in [0.1, 0.15) is 10.4 Å². The minimum atomic E-state index is -1.19. The first-order chi connectivity index (χ1) is 9.97. The topological polar surface area (TPSA) is 70.7 Å². The van der Waals surface area contributed by atoms with Gasteiger partial charge in [0.1, 0.15) is 28.5 Å². The first-order valence-electron chi connectivity index (χ1n) is 5.91. The summed E-state index contributed by atoms with van der Waals surface area (Å²) in [5, 5.41) is 19.4. The molecule has 3 aromatic rings. The van der Waals surface area contributed by atoms with Crippen LogP contribution in [0.2, 0.25) is 0 Å². The summed E-state index contributed by atoms with van der Waals surface area (Å²) >= 11 is 3.15. The van der Waals surface area contributed by atoms with E-state index < -0.39 is 11.8 Å². The monoisotopic (exact) mass is 350 g/mol. The first-order valence-corrected chi connectivity index (χ1v) is 6.71. The normalized spacial score (nSPS) is 11.0. The molecule has 3 rings (SSSR count). The van der Waals surface area contributed by atoms with E-state index in [0.29, 0.717) is 15.6 Å². The van der Waals surface area contributed by atoms with Gasteiger partial charge in [-0.1, -0.05) is 0 Å². The van der Waals surface area contributed by atoms with Gasteiger partial charge in [-0.25, -0.2) is 9.18 Å². The highest BCUT2D eigenvalue weighted by molar-refractivity contribution is 9.10. The van der Waals surface area contributed by atoms with Gasteiger partial charge >= 0.3 is 5.97 Å². The summed E-state index contributed by atoms with van der Waals surface area (Å²) in [5.74, 6) is -1.58. The summed E-state index contributed by atoms with van der Waals surface area (Å²) < 4.78 is 19.0. The van der Waals surface area contributed by atoms with Crippen LogP contribution in [0.5, 0.6) is 5.75 Å². The van der Waals surface area contributed by atoms with Crippen LogP contribution in [0.25, 0.3) is 22.3 Å². The molecule has 0 atom stereocenters. The zero-order valence-electron chi connectivity index (χ0n) is 10.4. The van der Waals surface area contributed by atoms with Gasteiger partial charge in [-0.15, -0.1) is 0 Å². The zero-order valence-corrected chi connectivity index (χ0v) is 12.0. The Morgan fingerprint density at radius 1 is 1.19 bits per heavy atom. The number of halogens is 2. The Morgan fingerprint density at radius 3 is 2.48 bits per heavy atom. The molecule has 0 fully saturated rings. The van der Waals surface area contributed by atoms with E-state index in [1.165, 1.54) is 36.4 Å². The molecule has 0 aliphatic rings. The van der Waals surface area contributed by atoms with Crippen LogP contribution < -0.4 is 0 Å². The number of fused-ring (bicyclic) bond motifs is 1. The number of furan rings is 1. The maximum atomic E-state index is 13.0. The average molecular weight is 351 g/mol. The van der Waals surface area contributed by atoms with Gasteiger partial charge in [0.15, 0.2) is 0 Å². The number of aromatic carboxylic acids is 1. The molecule has 0 bridgehead atoms. The number of aromatic hydroxyl groups is 1. The third kappa shape index (κ3) is 2.27. The second kappa shape index (κ2) is 4.89. The fourth-order valence-corrected chi connectivity index (χ4v) is 2.45. The fraction of sp³-hybridized carbons (Fsp3) is 0. The second-order valence-electron chi connectivity index (χ2n) is 4.42. The number of carboxylic acid groups (broad SMARTS) is 1. The minimum Gasteiger partial charge on any atom is -0.507 e. The Bertz CT molecular complexity index is 852. The molecule has 1 aromatic heterocycles. The third-order valence-corrected chi connectivity index (χ3v) is 3.71. The molecule has 0 aliphatic carbocycles. The maximum absolute atomic E-state index is 13.0. The molecule has 2 aromatic carbocycles. The fourth-order valence-electron chi connectivity index (χ4n) is 2.12. The number of phenolic OH excluding ortho intramolecular Hbond substituents is 1. The van der Waals surface area contributed by atoms with Crippen LogP contribution in [0.15, 0.2) is 45.3 Å². The standard InChI is InChI=1S/C15H8BrFO4/c16-10-6-12-9(5-11(10)18)13(15(19)20)14(21-12)7-1-3-8(17)4-2-7/h1-6,18H,(H,19,20). The van der Waals surface area contributed by atoms with Gasteiger partial charge in [-0.2, -0.15) is 0 Å². The Hall–Kier alpha value is -2.34. The molecule has 0 amide bonds. The van der Waals surface area contributed by atoms with Gasteiger partial charge in [0, 0.05) is 10.9 Å². The lowest BCUT2D eigenvalue weighted by molar-refractivity contribution is 0.0699. The van der Waals surface area contributed by atoms with Gasteiger partial charge in [-0.3, -0.25) is 0 Å². The Morgan fingerprint density at radius 2 is 1.86 bits per heavy atom. The lowest BCUT2D eigenvalue weighted by Crippen LogP contribution is -1.97. The van der Waals surface area contributed by atoms with Crippen LogP contribution >= 0.6 is 15.9 Å². The van der Waals surface area contributed by atoms with Gasteiger partial charge < -0.3 is 14.6 Å². The quantitative estimate of drug-likeness (QED) is 0.718. The number of benzene rings is 2. The highest BCUT2D eigenvalue weighted by Crippen LogP contribution is 2.38. The van der Waals surface area contributed by atoms with Crippen molar-refractivity contribution in [2.45, 2.75) is 0 Å². The Labute approximate surface area is 126 Å². The molecule has 2 N–H and O–H groups in total. The summed E-state index contributed by atoms with van der Waals surface area (Å²) in [6, 6.07) is 8.13. The number of rotatable bonds is 2. The van der Waals surface area contributed by atoms with Crippen molar-refractivity contribution in [1.82, 2.24) is 0 Å². The summed E-state index contributed by atoms with van der Waals surface area (Å²) in [5.41, 5.74) is 0.691. The van der Waals surface area contributed by atoms with E-state index in [2.05, 4.69) is 15.9 Å². The van der Waals surface area contributed by atoms with E-state index in [-0.39, 0.29) is 22.5 Å². The number of hydrogen-bond acceptors (Lipinski definition) is 3. The molecule has 0 unspecified atom stereocenters. The van der Waals surface area contributed by atoms with Gasteiger partial charge in [0.05, 0.1) is 4.47 Å². The van der Waals surface area contributed by atoms with Crippen molar-refractivity contribution in [1.29, 1.82) is 0 Å². The molecular formula is C15H8BrFO4. The Balaban J connectivity index is 2.34. The van der Waals surface area contributed by atoms with E-state index in [1.54, 1.807) is 0 Å². The summed E-state index contributed by atoms with van der Waals surface area (Å²) in [7, 11) is 0. The molecule has 0 radical (unpaired) electrons. The predicted molar refractivity (Wildman–Crippen MR) is 77.9 cm³/mol. The average Bonchev–Trinajstić information content (AvgIpc) is 2.78. The van der Waals surface area contributed by atoms with Gasteiger partial charge in [-0.05, 0) is 52.3 Å². The molecule has 106 valence electrons. The number of carboxylic acids is 1. The predicted octanol–water partition coefficient (Wildman–Crippen LogP) is 4.41. The van der Waals surface area contributed by atoms with Crippen molar-refractivity contribution < 1.29 is 23.8 Å². The Kier molecular flexibility index (Phi) is 3.17. The van der Waals surface area contributed by atoms with Crippen molar-refractivity contribution in [2.75, 3.05) is 0 Å². The van der Waals surface area contributed by atoms with Gasteiger partial charge in [0.2, 0.25) is 0 Å². The largest absolute Gasteiger partial charge is 0.507 e. The number of carbonyl (C=O) groups is 1. The van der Waals surface area contributed by atoms with Crippen LogP contribution in [-0.2, 0) is 0 Å². The van der Waals surface area contributed by atoms with E-state index in [1.807, 2.05) is 0 Å². The van der Waals surface area contributed by atoms with E-state index >= 15 is 0 Å². The maximum Gasteiger partial charge on any atom is 0.340 e. The third-order valence-electron chi connectivity index (χ3n) is 3.08.